The number of aryl methyl sites for hydroxylation is 1. The van der Waals surface area contributed by atoms with E-state index in [1.54, 1.807) is 7.05 Å². The normalized spacial score (nSPS) is 19.6. The maximum Gasteiger partial charge on any atom is 0.490 e. The zero-order valence-corrected chi connectivity index (χ0v) is 21.6. The smallest absolute Gasteiger partial charge is 0.459 e. The lowest BCUT2D eigenvalue weighted by Crippen LogP contribution is -2.53. The first kappa shape index (κ1) is 28.8. The zero-order chi connectivity index (χ0) is 28.5. The molecule has 210 valence electrons. The molecule has 3 heterocycles. The molecular weight excluding hydrogens is 574 g/mol. The Morgan fingerprint density at radius 3 is 2.62 bits per heavy atom. The highest BCUT2D eigenvalue weighted by Gasteiger charge is 2.41. The Morgan fingerprint density at radius 1 is 1.23 bits per heavy atom. The molecule has 1 aromatic carbocycles. The minimum Gasteiger partial charge on any atom is -0.459 e. The molecule has 39 heavy (non-hydrogen) atoms. The lowest BCUT2D eigenvalue weighted by Gasteiger charge is -2.37. The number of ether oxygens (including phenoxy) is 1. The van der Waals surface area contributed by atoms with Crippen molar-refractivity contribution >= 4 is 35.1 Å². The number of nitrogens with zero attached hydrogens (tertiary/aromatic N) is 2. The van der Waals surface area contributed by atoms with Crippen LogP contribution in [0.15, 0.2) is 34.9 Å². The van der Waals surface area contributed by atoms with E-state index in [4.69, 9.17) is 27.6 Å². The number of benzene rings is 1. The maximum absolute atomic E-state index is 14.0. The summed E-state index contributed by atoms with van der Waals surface area (Å²) in [6.07, 6.45) is -3.49. The molecule has 1 unspecified atom stereocenters. The van der Waals surface area contributed by atoms with E-state index in [1.807, 2.05) is 0 Å². The molecular formula is C24H21Cl2F5N4O4. The molecule has 15 heteroatoms. The van der Waals surface area contributed by atoms with Gasteiger partial charge in [-0.05, 0) is 42.1 Å². The third-order valence-electron chi connectivity index (χ3n) is 6.33. The third kappa shape index (κ3) is 6.53. The van der Waals surface area contributed by atoms with Crippen LogP contribution in [0.5, 0.6) is 0 Å². The van der Waals surface area contributed by atoms with Gasteiger partial charge in [-0.15, -0.1) is 0 Å². The van der Waals surface area contributed by atoms with Crippen LogP contribution < -0.4 is 10.6 Å². The average Bonchev–Trinajstić information content (AvgIpc) is 3.41. The fourth-order valence-electron chi connectivity index (χ4n) is 4.44. The summed E-state index contributed by atoms with van der Waals surface area (Å²) in [4.78, 5) is 24.1. The van der Waals surface area contributed by atoms with Gasteiger partial charge in [0, 0.05) is 37.7 Å². The number of piperidine rings is 1. The number of hydrogen-bond donors (Lipinski definition) is 2. The molecule has 0 saturated carbocycles. The fourth-order valence-corrected chi connectivity index (χ4v) is 4.94. The van der Waals surface area contributed by atoms with Crippen LogP contribution in [0.4, 0.5) is 22.0 Å². The number of furan rings is 1. The molecule has 3 aromatic rings. The molecule has 3 atom stereocenters. The van der Waals surface area contributed by atoms with Gasteiger partial charge in [0.2, 0.25) is 5.22 Å². The maximum atomic E-state index is 14.0. The zero-order valence-electron chi connectivity index (χ0n) is 20.1. The number of amides is 1. The van der Waals surface area contributed by atoms with Crippen molar-refractivity contribution in [3.63, 3.8) is 0 Å². The van der Waals surface area contributed by atoms with E-state index in [2.05, 4.69) is 20.5 Å². The second kappa shape index (κ2) is 11.5. The third-order valence-corrected chi connectivity index (χ3v) is 6.89. The van der Waals surface area contributed by atoms with Crippen molar-refractivity contribution in [1.29, 1.82) is 0 Å². The minimum atomic E-state index is -5.11. The van der Waals surface area contributed by atoms with Gasteiger partial charge in [-0.2, -0.15) is 18.3 Å². The van der Waals surface area contributed by atoms with E-state index in [0.717, 1.165) is 12.1 Å². The van der Waals surface area contributed by atoms with E-state index in [9.17, 15) is 31.5 Å². The van der Waals surface area contributed by atoms with Gasteiger partial charge >= 0.3 is 12.1 Å². The van der Waals surface area contributed by atoms with E-state index < -0.39 is 54.3 Å². The van der Waals surface area contributed by atoms with Crippen LogP contribution >= 0.6 is 23.2 Å². The average molecular weight is 595 g/mol. The summed E-state index contributed by atoms with van der Waals surface area (Å²) < 4.78 is 76.0. The summed E-state index contributed by atoms with van der Waals surface area (Å²) in [5.74, 6) is -5.83. The molecule has 1 fully saturated rings. The van der Waals surface area contributed by atoms with Crippen LogP contribution in [0.25, 0.3) is 11.3 Å². The van der Waals surface area contributed by atoms with Crippen LogP contribution in [-0.4, -0.2) is 53.1 Å². The van der Waals surface area contributed by atoms with Gasteiger partial charge < -0.3 is 19.8 Å². The molecule has 0 bridgehead atoms. The molecule has 2 aromatic heterocycles. The standard InChI is InChI=1S/C24H21Cl2F5N4O4/c1-35-20(15(25)9-33-35)14-8-19(39-21(14)26)22(36)34-18-10-32-12(4-5-38-23(37)24(29,30)31)7-13(18)11-2-3-16(27)17(28)6-11/h2-3,6,8-9,12-13,18,32H,4-5,7,10H2,1H3,(H,34,36)/t12?,13-,18+/m0/s1. The number of esters is 1. The van der Waals surface area contributed by atoms with E-state index in [1.165, 1.54) is 23.0 Å². The number of carbonyl (C=O) groups excluding carboxylic acids is 2. The van der Waals surface area contributed by atoms with Gasteiger partial charge in [-0.1, -0.05) is 17.7 Å². The van der Waals surface area contributed by atoms with Crippen LogP contribution in [0.1, 0.15) is 34.9 Å². The van der Waals surface area contributed by atoms with E-state index >= 15 is 0 Å². The highest BCUT2D eigenvalue weighted by molar-refractivity contribution is 6.35. The number of aromatic nitrogens is 2. The van der Waals surface area contributed by atoms with Gasteiger partial charge in [-0.25, -0.2) is 13.6 Å². The van der Waals surface area contributed by atoms with Gasteiger partial charge in [-0.3, -0.25) is 9.48 Å². The first-order chi connectivity index (χ1) is 18.3. The number of rotatable bonds is 7. The Bertz CT molecular complexity index is 1360. The lowest BCUT2D eigenvalue weighted by atomic mass is 9.81. The second-order valence-corrected chi connectivity index (χ2v) is 9.64. The fraction of sp³-hybridized carbons (Fsp3) is 0.375. The first-order valence-electron chi connectivity index (χ1n) is 11.6. The molecule has 0 aliphatic carbocycles. The van der Waals surface area contributed by atoms with Crippen LogP contribution in [0, 0.1) is 11.6 Å². The number of alkyl halides is 3. The summed E-state index contributed by atoms with van der Waals surface area (Å²) in [7, 11) is 1.63. The quantitative estimate of drug-likeness (QED) is 0.295. The van der Waals surface area contributed by atoms with Gasteiger partial charge in [0.25, 0.3) is 5.91 Å². The second-order valence-electron chi connectivity index (χ2n) is 8.89. The van der Waals surface area contributed by atoms with Crippen molar-refractivity contribution in [3.05, 3.63) is 63.7 Å². The molecule has 1 aliphatic heterocycles. The predicted octanol–water partition coefficient (Wildman–Crippen LogP) is 5.00. The van der Waals surface area contributed by atoms with Crippen molar-refractivity contribution in [2.45, 2.75) is 37.0 Å². The Morgan fingerprint density at radius 2 is 1.97 bits per heavy atom. The van der Waals surface area contributed by atoms with Crippen molar-refractivity contribution in [2.75, 3.05) is 13.2 Å². The highest BCUT2D eigenvalue weighted by Crippen LogP contribution is 2.36. The van der Waals surface area contributed by atoms with Gasteiger partial charge in [0.05, 0.1) is 29.1 Å². The number of hydrogen-bond acceptors (Lipinski definition) is 6. The number of carbonyl (C=O) groups is 2. The summed E-state index contributed by atoms with van der Waals surface area (Å²) in [6.45, 7) is -0.399. The predicted molar refractivity (Wildman–Crippen MR) is 129 cm³/mol. The van der Waals surface area contributed by atoms with Crippen molar-refractivity contribution in [2.24, 2.45) is 7.05 Å². The highest BCUT2D eigenvalue weighted by atomic mass is 35.5. The van der Waals surface area contributed by atoms with Crippen LogP contribution in [0.2, 0.25) is 10.2 Å². The van der Waals surface area contributed by atoms with E-state index in [-0.39, 0.29) is 35.4 Å². The Labute approximate surface area is 228 Å². The van der Waals surface area contributed by atoms with Crippen molar-refractivity contribution in [3.8, 4) is 11.3 Å². The molecule has 4 rings (SSSR count). The monoisotopic (exact) mass is 594 g/mol. The lowest BCUT2D eigenvalue weighted by molar-refractivity contribution is -0.199. The molecule has 1 saturated heterocycles. The molecule has 0 radical (unpaired) electrons. The summed E-state index contributed by atoms with van der Waals surface area (Å²) in [5.41, 5.74) is 1.12. The Balaban J connectivity index is 1.50. The Kier molecular flexibility index (Phi) is 8.52. The molecule has 1 aliphatic rings. The van der Waals surface area contributed by atoms with Crippen LogP contribution in [-0.2, 0) is 16.6 Å². The van der Waals surface area contributed by atoms with Gasteiger partial charge in [0.1, 0.15) is 0 Å². The van der Waals surface area contributed by atoms with E-state index in [0.29, 0.717) is 16.8 Å². The van der Waals surface area contributed by atoms with Crippen molar-refractivity contribution < 1.29 is 40.7 Å². The number of nitrogens with one attached hydrogen (secondary N) is 2. The number of halogens is 7. The molecule has 0 spiro atoms. The minimum absolute atomic E-state index is 0.0191. The van der Waals surface area contributed by atoms with Crippen molar-refractivity contribution in [1.82, 2.24) is 20.4 Å². The summed E-state index contributed by atoms with van der Waals surface area (Å²) >= 11 is 12.4. The SMILES string of the molecule is Cn1ncc(Cl)c1-c1cc(C(=O)N[C@@H]2CNC(CCOC(=O)C(F)(F)F)C[C@H]2c2ccc(F)c(F)c2)oc1Cl. The molecule has 2 N–H and O–H groups in total. The summed E-state index contributed by atoms with van der Waals surface area (Å²) in [6, 6.07) is 3.58. The molecule has 1 amide bonds. The molecule has 8 nitrogen and oxygen atoms in total. The van der Waals surface area contributed by atoms with Gasteiger partial charge in [0.15, 0.2) is 17.4 Å². The summed E-state index contributed by atoms with van der Waals surface area (Å²) in [5, 5.41) is 10.1. The first-order valence-corrected chi connectivity index (χ1v) is 12.3. The van der Waals surface area contributed by atoms with Crippen LogP contribution in [0.3, 0.4) is 0 Å². The largest absolute Gasteiger partial charge is 0.490 e. The topological polar surface area (TPSA) is 98.4 Å². The Hall–Kier alpha value is -3.16.